The number of nitrogens with one attached hydrogen (secondary N) is 1. The highest BCUT2D eigenvalue weighted by Crippen LogP contribution is 2.43. The zero-order chi connectivity index (χ0) is 63.2. The van der Waals surface area contributed by atoms with Gasteiger partial charge in [-0.1, -0.05) is 139 Å². The number of benzene rings is 3. The number of nitrogens with two attached hydrogens (primary N) is 3. The van der Waals surface area contributed by atoms with Crippen molar-refractivity contribution < 1.29 is 67.2 Å². The van der Waals surface area contributed by atoms with E-state index in [1.165, 1.54) is 41.1 Å². The van der Waals surface area contributed by atoms with Crippen molar-refractivity contribution in [1.82, 2.24) is 19.0 Å². The second-order valence-electron chi connectivity index (χ2n) is 19.8. The molecule has 4 amide bonds. The van der Waals surface area contributed by atoms with Crippen molar-refractivity contribution in [2.24, 2.45) is 23.1 Å². The molecule has 0 radical (unpaired) electrons. The van der Waals surface area contributed by atoms with E-state index in [4.69, 9.17) is 41.3 Å². The maximum Gasteiger partial charge on any atom is 0.341 e. The molecule has 3 aromatic carbocycles. The SMILES string of the molecule is C.CCc1c(C(=O)C(N)=O)c2c(OC)csc2n1Cc1ccccc1.CCc1c(C(=O)C(N)=O)c2c(OCC(=O)N[C@H](C(=O)OC)[C@@H](C)CC)csc2n1Cc1ccccc1.CCc1c(C(=O)C(N)=O)c2c(OCC(=O)O)csc2n1Cc1ccccc1. The zero-order valence-electron chi connectivity index (χ0n) is 49.0. The topological polar surface area (TPSA) is 316 Å². The number of Topliss-reactive ketones (excluding diaryl/α,β-unsaturated/α-hetero) is 3. The molecule has 6 aromatic heterocycles. The van der Waals surface area contributed by atoms with Gasteiger partial charge in [0.2, 0.25) is 0 Å². The van der Waals surface area contributed by atoms with Gasteiger partial charge in [0.1, 0.15) is 37.8 Å². The lowest BCUT2D eigenvalue weighted by molar-refractivity contribution is -0.146. The number of hydrogen-bond donors (Lipinski definition) is 5. The number of carbonyl (C=O) groups is 9. The highest BCUT2D eigenvalue weighted by atomic mass is 32.1. The minimum atomic E-state index is -1.13. The summed E-state index contributed by atoms with van der Waals surface area (Å²) in [5.74, 6) is -6.48. The van der Waals surface area contributed by atoms with Crippen LogP contribution in [0.3, 0.4) is 0 Å². The van der Waals surface area contributed by atoms with Crippen LogP contribution in [0.4, 0.5) is 0 Å². The molecule has 2 atom stereocenters. The van der Waals surface area contributed by atoms with Crippen LogP contribution in [0.15, 0.2) is 107 Å². The zero-order valence-corrected chi connectivity index (χ0v) is 51.4. The number of amides is 4. The number of ether oxygens (including phenoxy) is 4. The lowest BCUT2D eigenvalue weighted by atomic mass is 9.99. The third-order valence-corrected chi connectivity index (χ3v) is 17.3. The van der Waals surface area contributed by atoms with E-state index in [-0.39, 0.29) is 36.8 Å². The number of thiophene rings is 3. The lowest BCUT2D eigenvalue weighted by Crippen LogP contribution is -2.47. The third-order valence-electron chi connectivity index (χ3n) is 14.4. The van der Waals surface area contributed by atoms with Gasteiger partial charge in [-0.2, -0.15) is 0 Å². The highest BCUT2D eigenvalue weighted by molar-refractivity contribution is 7.18. The van der Waals surface area contributed by atoms with Crippen LogP contribution < -0.4 is 36.7 Å². The molecule has 9 aromatic rings. The summed E-state index contributed by atoms with van der Waals surface area (Å²) in [5, 5.41) is 18.3. The number of aromatic nitrogens is 3. The third kappa shape index (κ3) is 14.9. The molecular weight excluding hydrogens is 1190 g/mol. The number of nitrogens with zero attached hydrogens (tertiary/aromatic N) is 3. The molecule has 24 heteroatoms. The van der Waals surface area contributed by atoms with Crippen LogP contribution in [0.1, 0.15) is 113 Å². The Kier molecular flexibility index (Phi) is 23.7. The van der Waals surface area contributed by atoms with Gasteiger partial charge in [0.25, 0.3) is 41.0 Å². The average Bonchev–Trinajstić information content (AvgIpc) is 1.79. The van der Waals surface area contributed by atoms with Crippen LogP contribution >= 0.6 is 34.0 Å². The molecule has 88 heavy (non-hydrogen) atoms. The monoisotopic (exact) mass is 1260 g/mol. The Hall–Kier alpha value is -9.39. The molecule has 9 rings (SSSR count). The van der Waals surface area contributed by atoms with E-state index < -0.39 is 65.6 Å². The number of aliphatic carboxylic acids is 1. The molecule has 8 N–H and O–H groups in total. The first-order chi connectivity index (χ1) is 41.7. The summed E-state index contributed by atoms with van der Waals surface area (Å²) in [6, 6.07) is 28.6. The van der Waals surface area contributed by atoms with E-state index in [1.54, 1.807) is 17.9 Å². The van der Waals surface area contributed by atoms with Gasteiger partial charge in [0, 0.05) is 52.9 Å². The van der Waals surface area contributed by atoms with Gasteiger partial charge in [-0.05, 0) is 41.9 Å². The Balaban J connectivity index is 0.000000214. The number of rotatable bonds is 26. The predicted molar refractivity (Wildman–Crippen MR) is 340 cm³/mol. The quantitative estimate of drug-likeness (QED) is 0.0192. The van der Waals surface area contributed by atoms with Gasteiger partial charge in [-0.3, -0.25) is 33.6 Å². The van der Waals surface area contributed by atoms with Crippen molar-refractivity contribution in [3.63, 3.8) is 0 Å². The lowest BCUT2D eigenvalue weighted by Gasteiger charge is -2.21. The van der Waals surface area contributed by atoms with Gasteiger partial charge >= 0.3 is 11.9 Å². The second-order valence-corrected chi connectivity index (χ2v) is 22.4. The Morgan fingerprint density at radius 2 is 0.852 bits per heavy atom. The summed E-state index contributed by atoms with van der Waals surface area (Å²) >= 11 is 4.18. The van der Waals surface area contributed by atoms with Crippen molar-refractivity contribution in [3.8, 4) is 17.2 Å². The van der Waals surface area contributed by atoms with E-state index in [0.29, 0.717) is 89.9 Å². The maximum atomic E-state index is 12.9. The Morgan fingerprint density at radius 3 is 1.15 bits per heavy atom. The molecule has 21 nitrogen and oxygen atoms in total. The van der Waals surface area contributed by atoms with Crippen LogP contribution in [0, 0.1) is 5.92 Å². The first-order valence-electron chi connectivity index (χ1n) is 27.6. The molecule has 0 saturated carbocycles. The van der Waals surface area contributed by atoms with Crippen LogP contribution in [-0.4, -0.2) is 105 Å². The molecule has 6 heterocycles. The molecule has 0 aliphatic heterocycles. The first-order valence-corrected chi connectivity index (χ1v) is 30.3. The van der Waals surface area contributed by atoms with Crippen molar-refractivity contribution >= 4 is 118 Å². The average molecular weight is 1260 g/mol. The van der Waals surface area contributed by atoms with Crippen LogP contribution in [0.25, 0.3) is 30.6 Å². The Morgan fingerprint density at radius 1 is 0.523 bits per heavy atom. The van der Waals surface area contributed by atoms with Crippen molar-refractivity contribution in [2.45, 2.75) is 93.4 Å². The Bertz CT molecular complexity index is 4010. The van der Waals surface area contributed by atoms with Crippen LogP contribution in [0.2, 0.25) is 0 Å². The number of carboxylic acids is 1. The number of primary amides is 3. The van der Waals surface area contributed by atoms with Crippen LogP contribution in [0.5, 0.6) is 17.2 Å². The first kappa shape index (κ1) is 67.7. The minimum Gasteiger partial charge on any atom is -0.495 e. The molecule has 0 bridgehead atoms. The maximum absolute atomic E-state index is 12.9. The number of hydrogen-bond acceptors (Lipinski definition) is 16. The highest BCUT2D eigenvalue weighted by Gasteiger charge is 2.33. The molecular formula is C64H71N7O14S3. The van der Waals surface area contributed by atoms with E-state index in [0.717, 1.165) is 36.9 Å². The smallest absolute Gasteiger partial charge is 0.341 e. The molecule has 0 fully saturated rings. The van der Waals surface area contributed by atoms with Gasteiger partial charge in [0.15, 0.2) is 13.2 Å². The fraction of sp³-hybridized carbons (Fsp3) is 0.297. The summed E-state index contributed by atoms with van der Waals surface area (Å²) in [4.78, 5) is 111. The summed E-state index contributed by atoms with van der Waals surface area (Å²) in [7, 11) is 2.82. The number of methoxy groups -OCH3 is 2. The summed E-state index contributed by atoms with van der Waals surface area (Å²) in [5.41, 5.74) is 22.0. The summed E-state index contributed by atoms with van der Waals surface area (Å²) in [6.07, 6.45) is 2.27. The van der Waals surface area contributed by atoms with Crippen molar-refractivity contribution in [3.05, 3.63) is 158 Å². The van der Waals surface area contributed by atoms with E-state index in [1.807, 2.05) is 140 Å². The molecule has 0 unspecified atom stereocenters. The molecule has 0 aliphatic carbocycles. The second kappa shape index (κ2) is 30.8. The molecule has 0 aliphatic rings. The standard InChI is InChI=1S/C26H31N3O6S.C19H18N2O5S.C18H18N2O3S.CH4/c1-5-15(3)22(26(33)34-4)28-19(30)13-35-18-14-36-25-21(18)20(23(31)24(27)32)17(6-2)29(25)12-16-10-8-7-9-11-16;1-2-12-15(17(24)18(20)25)16-13(26-9-14(22)23)10-27-19(16)21(12)8-11-6-4-3-5-7-11;1-3-12-14(16(21)17(19)22)15-13(23-2)10-24-18(15)20(12)9-11-7-5-4-6-8-11;/h7-11,14-15,22H,5-6,12-13H2,1-4H3,(H2,27,32)(H,28,30);3-7,10H,2,8-9H2,1H3,(H2,20,25)(H,22,23);4-8,10H,3,9H2,1-2H3,(H2,19,22);1H4/t15-,22-;;;/m0.../s1. The minimum absolute atomic E-state index is 0. The van der Waals surface area contributed by atoms with Gasteiger partial charge in [0.05, 0.1) is 47.1 Å². The molecule has 0 spiro atoms. The largest absolute Gasteiger partial charge is 0.495 e. The molecule has 0 saturated heterocycles. The predicted octanol–water partition coefficient (Wildman–Crippen LogP) is 9.14. The van der Waals surface area contributed by atoms with Crippen molar-refractivity contribution in [2.75, 3.05) is 27.4 Å². The number of fused-ring (bicyclic) bond motifs is 3. The van der Waals surface area contributed by atoms with Gasteiger partial charge in [-0.25, -0.2) is 9.59 Å². The molecule has 464 valence electrons. The Labute approximate surface area is 519 Å². The van der Waals surface area contributed by atoms with E-state index >= 15 is 0 Å². The van der Waals surface area contributed by atoms with E-state index in [9.17, 15) is 43.2 Å². The number of carboxylic acid groups (broad SMARTS) is 1. The van der Waals surface area contributed by atoms with Crippen LogP contribution in [-0.2, 0) is 72.4 Å². The van der Waals surface area contributed by atoms with Crippen molar-refractivity contribution in [1.29, 1.82) is 0 Å². The van der Waals surface area contributed by atoms with Gasteiger partial charge in [-0.15, -0.1) is 34.0 Å². The number of esters is 1. The summed E-state index contributed by atoms with van der Waals surface area (Å²) < 4.78 is 27.4. The fourth-order valence-electron chi connectivity index (χ4n) is 10.2. The number of ketones is 3. The van der Waals surface area contributed by atoms with Gasteiger partial charge < -0.3 is 60.3 Å². The summed E-state index contributed by atoms with van der Waals surface area (Å²) in [6.45, 7) is 10.2. The van der Waals surface area contributed by atoms with E-state index in [2.05, 4.69) is 9.88 Å². The normalized spacial score (nSPS) is 11.5. The number of carbonyl (C=O) groups excluding carboxylic acids is 8. The fourth-order valence-corrected chi connectivity index (χ4v) is 13.3.